The Morgan fingerprint density at radius 2 is 1.71 bits per heavy atom. The second-order valence-electron chi connectivity index (χ2n) is 3.71. The minimum absolute atomic E-state index is 0.384. The molecule has 0 aliphatic heterocycles. The third-order valence-corrected chi connectivity index (χ3v) is 1.70. The molecule has 82 valence electrons. The zero-order chi connectivity index (χ0) is 11.6. The largest absolute Gasteiger partial charge is 0.455 e. The molecule has 0 aromatic carbocycles. The van der Waals surface area contributed by atoms with Crippen molar-refractivity contribution in [3.63, 3.8) is 0 Å². The van der Waals surface area contributed by atoms with Gasteiger partial charge in [0, 0.05) is 11.7 Å². The van der Waals surface area contributed by atoms with Gasteiger partial charge >= 0.3 is 6.18 Å². The highest BCUT2D eigenvalue weighted by atomic mass is 79.9. The zero-order valence-corrected chi connectivity index (χ0v) is 9.58. The molecule has 2 nitrogen and oxygen atoms in total. The highest BCUT2D eigenvalue weighted by Crippen LogP contribution is 2.23. The van der Waals surface area contributed by atoms with Crippen LogP contribution in [0.3, 0.4) is 0 Å². The van der Waals surface area contributed by atoms with Gasteiger partial charge in [-0.3, -0.25) is 4.79 Å². The molecule has 0 rings (SSSR count). The Bertz CT molecular complexity index is 252. The predicted molar refractivity (Wildman–Crippen MR) is 51.0 cm³/mol. The van der Waals surface area contributed by atoms with E-state index in [0.29, 0.717) is 0 Å². The lowest BCUT2D eigenvalue weighted by atomic mass is 10.1. The van der Waals surface area contributed by atoms with Crippen LogP contribution in [0.1, 0.15) is 20.8 Å². The van der Waals surface area contributed by atoms with E-state index in [9.17, 15) is 18.0 Å². The molecule has 0 saturated heterocycles. The summed E-state index contributed by atoms with van der Waals surface area (Å²) in [4.78, 5) is 10.6. The van der Waals surface area contributed by atoms with Gasteiger partial charge in [-0.2, -0.15) is 13.2 Å². The average molecular weight is 274 g/mol. The average Bonchev–Trinajstić information content (AvgIpc) is 1.95. The number of carbonyl (C=O) groups excluding carboxylic acids is 1. The molecular weight excluding hydrogens is 263 g/mol. The van der Waals surface area contributed by atoms with Crippen molar-refractivity contribution in [2.75, 3.05) is 0 Å². The van der Waals surface area contributed by atoms with E-state index in [2.05, 4.69) is 21.2 Å². The molecule has 0 aromatic rings. The highest BCUT2D eigenvalue weighted by molar-refractivity contribution is 9.12. The van der Waals surface area contributed by atoms with Crippen molar-refractivity contribution in [1.82, 2.24) is 5.32 Å². The molecule has 0 heterocycles. The molecule has 0 aliphatic rings. The maximum atomic E-state index is 11.9. The summed E-state index contributed by atoms with van der Waals surface area (Å²) in [7, 11) is 0. The first-order valence-corrected chi connectivity index (χ1v) is 4.58. The van der Waals surface area contributed by atoms with Gasteiger partial charge < -0.3 is 5.32 Å². The molecule has 6 heteroatoms. The Kier molecular flexibility index (Phi) is 4.17. The lowest BCUT2D eigenvalue weighted by Gasteiger charge is -2.19. The lowest BCUT2D eigenvalue weighted by molar-refractivity contribution is -0.165. The smallest absolute Gasteiger partial charge is 0.385 e. The predicted octanol–water partition coefficient (Wildman–Crippen LogP) is 2.74. The van der Waals surface area contributed by atoms with E-state index in [0.717, 1.165) is 6.20 Å². The Balaban J connectivity index is 4.49. The monoisotopic (exact) mass is 273 g/mol. The molecule has 0 aromatic heterocycles. The van der Waals surface area contributed by atoms with Gasteiger partial charge in [0.25, 0.3) is 5.78 Å². The Labute approximate surface area is 88.7 Å². The van der Waals surface area contributed by atoms with Crippen molar-refractivity contribution in [3.05, 3.63) is 10.7 Å². The fraction of sp³-hybridized carbons (Fsp3) is 0.625. The van der Waals surface area contributed by atoms with Crippen molar-refractivity contribution in [3.8, 4) is 0 Å². The quantitative estimate of drug-likeness (QED) is 0.784. The zero-order valence-electron chi connectivity index (χ0n) is 8.00. The van der Waals surface area contributed by atoms with E-state index in [1.807, 2.05) is 0 Å². The van der Waals surface area contributed by atoms with Crippen LogP contribution in [0.4, 0.5) is 13.2 Å². The van der Waals surface area contributed by atoms with Gasteiger partial charge in [-0.15, -0.1) is 0 Å². The molecule has 0 unspecified atom stereocenters. The molecule has 0 fully saturated rings. The molecule has 14 heavy (non-hydrogen) atoms. The van der Waals surface area contributed by atoms with E-state index in [-0.39, 0.29) is 5.54 Å². The van der Waals surface area contributed by atoms with Crippen LogP contribution in [-0.2, 0) is 4.79 Å². The van der Waals surface area contributed by atoms with Gasteiger partial charge in [0.1, 0.15) is 0 Å². The third-order valence-electron chi connectivity index (χ3n) is 1.11. The van der Waals surface area contributed by atoms with Gasteiger partial charge in [-0.1, -0.05) is 0 Å². The summed E-state index contributed by atoms with van der Waals surface area (Å²) in [6.45, 7) is 5.30. The summed E-state index contributed by atoms with van der Waals surface area (Å²) >= 11 is 2.56. The van der Waals surface area contributed by atoms with Crippen LogP contribution in [0, 0.1) is 0 Å². The van der Waals surface area contributed by atoms with Gasteiger partial charge in [-0.05, 0) is 36.7 Å². The summed E-state index contributed by atoms with van der Waals surface area (Å²) < 4.78 is 35.1. The Hall–Kier alpha value is -0.520. The Morgan fingerprint density at radius 1 is 1.29 bits per heavy atom. The van der Waals surface area contributed by atoms with Gasteiger partial charge in [0.2, 0.25) is 0 Å². The third kappa shape index (κ3) is 5.26. The maximum Gasteiger partial charge on any atom is 0.455 e. The molecule has 0 radical (unpaired) electrons. The maximum absolute atomic E-state index is 11.9. The van der Waals surface area contributed by atoms with Crippen LogP contribution in [0.5, 0.6) is 0 Å². The van der Waals surface area contributed by atoms with Crippen LogP contribution in [0.15, 0.2) is 10.7 Å². The number of Topliss-reactive ketones (excluding diaryl/α,β-unsaturated/α-hetero) is 1. The molecule has 0 aliphatic carbocycles. The molecule has 0 saturated carbocycles. The van der Waals surface area contributed by atoms with Gasteiger partial charge in [0.15, 0.2) is 0 Å². The number of ketones is 1. The molecule has 1 N–H and O–H groups in total. The van der Waals surface area contributed by atoms with Crippen molar-refractivity contribution >= 4 is 21.7 Å². The normalized spacial score (nSPS) is 14.1. The molecule has 0 bridgehead atoms. The summed E-state index contributed by atoms with van der Waals surface area (Å²) in [5.74, 6) is -1.89. The molecule has 0 amide bonds. The van der Waals surface area contributed by atoms with E-state index in [1.165, 1.54) is 0 Å². The number of alkyl halides is 3. The van der Waals surface area contributed by atoms with Gasteiger partial charge in [-0.25, -0.2) is 0 Å². The van der Waals surface area contributed by atoms with Gasteiger partial charge in [0.05, 0.1) is 4.48 Å². The first kappa shape index (κ1) is 13.5. The van der Waals surface area contributed by atoms with Crippen LogP contribution in [0.25, 0.3) is 0 Å². The van der Waals surface area contributed by atoms with Crippen LogP contribution < -0.4 is 5.32 Å². The minimum atomic E-state index is -4.84. The van der Waals surface area contributed by atoms with E-state index in [1.54, 1.807) is 20.8 Å². The van der Waals surface area contributed by atoms with Crippen molar-refractivity contribution in [1.29, 1.82) is 0 Å². The fourth-order valence-corrected chi connectivity index (χ4v) is 0.820. The highest BCUT2D eigenvalue weighted by Gasteiger charge is 2.40. The summed E-state index contributed by atoms with van der Waals surface area (Å²) in [5, 5.41) is 2.64. The first-order chi connectivity index (χ1) is 6.04. The number of hydrogen-bond acceptors (Lipinski definition) is 2. The number of halogens is 4. The molecule has 0 atom stereocenters. The lowest BCUT2D eigenvalue weighted by Crippen LogP contribution is -2.32. The van der Waals surface area contributed by atoms with E-state index >= 15 is 0 Å². The van der Waals surface area contributed by atoms with Crippen molar-refractivity contribution in [2.24, 2.45) is 0 Å². The van der Waals surface area contributed by atoms with E-state index < -0.39 is 16.4 Å². The van der Waals surface area contributed by atoms with Crippen molar-refractivity contribution in [2.45, 2.75) is 32.5 Å². The first-order valence-electron chi connectivity index (χ1n) is 3.79. The molecular formula is C8H11BrF3NO. The second-order valence-corrected chi connectivity index (χ2v) is 4.57. The second kappa shape index (κ2) is 4.33. The number of allylic oxidation sites excluding steroid dienone is 1. The van der Waals surface area contributed by atoms with E-state index in [4.69, 9.17) is 0 Å². The topological polar surface area (TPSA) is 29.1 Å². The standard InChI is InChI=1S/C8H11BrF3NO/c1-7(2,3)13-4-5(9)6(14)8(10,11)12/h4,13H,1-3H3/b5-4-. The summed E-state index contributed by atoms with van der Waals surface area (Å²) in [6.07, 6.45) is -3.83. The SMILES string of the molecule is CC(C)(C)N/C=C(\Br)C(=O)C(F)(F)F. The van der Waals surface area contributed by atoms with Crippen molar-refractivity contribution < 1.29 is 18.0 Å². The number of rotatable bonds is 2. The number of nitrogens with one attached hydrogen (secondary N) is 1. The minimum Gasteiger partial charge on any atom is -0.385 e. The summed E-state index contributed by atoms with van der Waals surface area (Å²) in [6, 6.07) is 0. The molecule has 0 spiro atoms. The number of carbonyl (C=O) groups is 1. The Morgan fingerprint density at radius 3 is 2.00 bits per heavy atom. The van der Waals surface area contributed by atoms with Crippen LogP contribution in [0.2, 0.25) is 0 Å². The van der Waals surface area contributed by atoms with Crippen LogP contribution in [-0.4, -0.2) is 17.5 Å². The van der Waals surface area contributed by atoms with Crippen LogP contribution >= 0.6 is 15.9 Å². The number of hydrogen-bond donors (Lipinski definition) is 1. The summed E-state index contributed by atoms with van der Waals surface area (Å²) in [5.41, 5.74) is -0.384. The fourth-order valence-electron chi connectivity index (χ4n) is 0.481.